The number of nitrogens with zero attached hydrogens (tertiary/aromatic N) is 3. The summed E-state index contributed by atoms with van der Waals surface area (Å²) in [5.74, 6) is 1.51. The molecular formula is C14H21ClN4. The Hall–Kier alpha value is -1.29. The molecule has 19 heavy (non-hydrogen) atoms. The van der Waals surface area contributed by atoms with Gasteiger partial charge in [0.15, 0.2) is 5.82 Å². The molecule has 0 amide bonds. The van der Waals surface area contributed by atoms with Crippen LogP contribution in [0.1, 0.15) is 39.8 Å². The summed E-state index contributed by atoms with van der Waals surface area (Å²) >= 11 is 5.77. The van der Waals surface area contributed by atoms with E-state index in [1.54, 1.807) is 6.20 Å². The maximum absolute atomic E-state index is 5.77. The Morgan fingerprint density at radius 1 is 1.42 bits per heavy atom. The Morgan fingerprint density at radius 2 is 2.16 bits per heavy atom. The van der Waals surface area contributed by atoms with Gasteiger partial charge in [-0.1, -0.05) is 20.8 Å². The molecule has 0 aromatic carbocycles. The molecule has 0 saturated carbocycles. The smallest absolute Gasteiger partial charge is 0.152 e. The Kier molecular flexibility index (Phi) is 3.99. The largest absolute Gasteiger partial charge is 0.366 e. The van der Waals surface area contributed by atoms with Gasteiger partial charge in [-0.05, 0) is 19.4 Å². The SMILES string of the molecule is CC(CCCl)Nc1nccn2nc(C(C)(C)C)cc12. The van der Waals surface area contributed by atoms with Gasteiger partial charge in [0, 0.05) is 29.7 Å². The second kappa shape index (κ2) is 5.37. The van der Waals surface area contributed by atoms with Crippen LogP contribution in [0, 0.1) is 0 Å². The van der Waals surface area contributed by atoms with Crippen molar-refractivity contribution in [3.63, 3.8) is 0 Å². The quantitative estimate of drug-likeness (QED) is 0.872. The van der Waals surface area contributed by atoms with E-state index in [2.05, 4.69) is 49.2 Å². The lowest BCUT2D eigenvalue weighted by Gasteiger charge is -2.13. The fourth-order valence-corrected chi connectivity index (χ4v) is 2.20. The van der Waals surface area contributed by atoms with Gasteiger partial charge in [-0.15, -0.1) is 11.6 Å². The molecule has 5 heteroatoms. The van der Waals surface area contributed by atoms with Crippen molar-refractivity contribution in [1.82, 2.24) is 14.6 Å². The third-order valence-electron chi connectivity index (χ3n) is 3.08. The lowest BCUT2D eigenvalue weighted by Crippen LogP contribution is -2.17. The van der Waals surface area contributed by atoms with Crippen molar-refractivity contribution in [3.8, 4) is 0 Å². The summed E-state index contributed by atoms with van der Waals surface area (Å²) in [6, 6.07) is 2.40. The van der Waals surface area contributed by atoms with Crippen LogP contribution in [-0.2, 0) is 5.41 Å². The van der Waals surface area contributed by atoms with Gasteiger partial charge in [-0.25, -0.2) is 9.50 Å². The van der Waals surface area contributed by atoms with E-state index in [1.807, 2.05) is 10.7 Å². The van der Waals surface area contributed by atoms with Crippen LogP contribution in [0.15, 0.2) is 18.5 Å². The number of fused-ring (bicyclic) bond motifs is 1. The molecule has 0 saturated heterocycles. The molecule has 2 rings (SSSR count). The lowest BCUT2D eigenvalue weighted by molar-refractivity contribution is 0.562. The van der Waals surface area contributed by atoms with Gasteiger partial charge < -0.3 is 5.32 Å². The van der Waals surface area contributed by atoms with E-state index in [-0.39, 0.29) is 5.41 Å². The van der Waals surface area contributed by atoms with Gasteiger partial charge in [-0.2, -0.15) is 5.10 Å². The Morgan fingerprint density at radius 3 is 2.79 bits per heavy atom. The van der Waals surface area contributed by atoms with Crippen molar-refractivity contribution in [2.45, 2.75) is 45.6 Å². The van der Waals surface area contributed by atoms with Crippen LogP contribution in [0.4, 0.5) is 5.82 Å². The van der Waals surface area contributed by atoms with Crippen LogP contribution in [0.2, 0.25) is 0 Å². The molecule has 104 valence electrons. The van der Waals surface area contributed by atoms with Crippen LogP contribution in [0.25, 0.3) is 5.52 Å². The molecule has 2 aromatic rings. The molecule has 0 radical (unpaired) electrons. The van der Waals surface area contributed by atoms with E-state index in [0.717, 1.165) is 23.4 Å². The summed E-state index contributed by atoms with van der Waals surface area (Å²) in [5.41, 5.74) is 2.10. The molecule has 1 N–H and O–H groups in total. The summed E-state index contributed by atoms with van der Waals surface area (Å²) in [6.07, 6.45) is 4.55. The Balaban J connectivity index is 2.37. The van der Waals surface area contributed by atoms with Crippen LogP contribution < -0.4 is 5.32 Å². The second-order valence-electron chi connectivity index (χ2n) is 5.91. The topological polar surface area (TPSA) is 42.2 Å². The highest BCUT2D eigenvalue weighted by atomic mass is 35.5. The standard InChI is InChI=1S/C14H21ClN4/c1-10(5-6-15)17-13-11-9-12(14(2,3)4)18-19(11)8-7-16-13/h7-10H,5-6H2,1-4H3,(H,16,17). The molecule has 0 bridgehead atoms. The molecule has 4 nitrogen and oxygen atoms in total. The van der Waals surface area contributed by atoms with E-state index < -0.39 is 0 Å². The van der Waals surface area contributed by atoms with E-state index >= 15 is 0 Å². The number of hydrogen-bond donors (Lipinski definition) is 1. The summed E-state index contributed by atoms with van der Waals surface area (Å²) in [4.78, 5) is 4.41. The minimum absolute atomic E-state index is 0.0328. The van der Waals surface area contributed by atoms with E-state index in [4.69, 9.17) is 11.6 Å². The minimum atomic E-state index is 0.0328. The molecule has 0 fully saturated rings. The molecule has 1 atom stereocenters. The molecule has 0 aliphatic rings. The van der Waals surface area contributed by atoms with Gasteiger partial charge in [0.2, 0.25) is 0 Å². The van der Waals surface area contributed by atoms with Crippen molar-refractivity contribution in [2.75, 3.05) is 11.2 Å². The number of rotatable bonds is 4. The van der Waals surface area contributed by atoms with Crippen molar-refractivity contribution < 1.29 is 0 Å². The maximum atomic E-state index is 5.77. The number of anilines is 1. The van der Waals surface area contributed by atoms with Gasteiger partial charge in [-0.3, -0.25) is 0 Å². The van der Waals surface area contributed by atoms with E-state index in [9.17, 15) is 0 Å². The number of nitrogens with one attached hydrogen (secondary N) is 1. The molecule has 0 aliphatic carbocycles. The zero-order chi connectivity index (χ0) is 14.0. The fourth-order valence-electron chi connectivity index (χ4n) is 1.87. The predicted molar refractivity (Wildman–Crippen MR) is 80.1 cm³/mol. The number of halogens is 1. The van der Waals surface area contributed by atoms with Gasteiger partial charge >= 0.3 is 0 Å². The van der Waals surface area contributed by atoms with Crippen LogP contribution in [-0.4, -0.2) is 26.5 Å². The second-order valence-corrected chi connectivity index (χ2v) is 6.29. The lowest BCUT2D eigenvalue weighted by atomic mass is 9.92. The first-order chi connectivity index (χ1) is 8.91. The van der Waals surface area contributed by atoms with Crippen molar-refractivity contribution in [1.29, 1.82) is 0 Å². The van der Waals surface area contributed by atoms with Gasteiger partial charge in [0.25, 0.3) is 0 Å². The van der Waals surface area contributed by atoms with Crippen molar-refractivity contribution in [2.24, 2.45) is 0 Å². The molecule has 2 aromatic heterocycles. The fraction of sp³-hybridized carbons (Fsp3) is 0.571. The van der Waals surface area contributed by atoms with Gasteiger partial charge in [0.1, 0.15) is 5.52 Å². The van der Waals surface area contributed by atoms with Crippen LogP contribution in [0.5, 0.6) is 0 Å². The number of aromatic nitrogens is 3. The monoisotopic (exact) mass is 280 g/mol. The van der Waals surface area contributed by atoms with Crippen molar-refractivity contribution in [3.05, 3.63) is 24.2 Å². The highest BCUT2D eigenvalue weighted by molar-refractivity contribution is 6.17. The molecular weight excluding hydrogens is 260 g/mol. The normalized spacial score (nSPS) is 13.7. The molecule has 1 unspecified atom stereocenters. The van der Waals surface area contributed by atoms with Crippen LogP contribution >= 0.6 is 11.6 Å². The summed E-state index contributed by atoms with van der Waals surface area (Å²) in [7, 11) is 0. The van der Waals surface area contributed by atoms with Crippen molar-refractivity contribution >= 4 is 22.9 Å². The number of alkyl halides is 1. The Bertz CT molecular complexity index is 556. The predicted octanol–water partition coefficient (Wildman–Crippen LogP) is 3.46. The first-order valence-corrected chi connectivity index (χ1v) is 7.12. The average molecular weight is 281 g/mol. The van der Waals surface area contributed by atoms with E-state index in [1.165, 1.54) is 0 Å². The first-order valence-electron chi connectivity index (χ1n) is 6.59. The van der Waals surface area contributed by atoms with E-state index in [0.29, 0.717) is 11.9 Å². The average Bonchev–Trinajstić information content (AvgIpc) is 2.74. The summed E-state index contributed by atoms with van der Waals surface area (Å²) < 4.78 is 1.88. The summed E-state index contributed by atoms with van der Waals surface area (Å²) in [5, 5.41) is 8.00. The molecule has 0 aliphatic heterocycles. The number of hydrogen-bond acceptors (Lipinski definition) is 3. The minimum Gasteiger partial charge on any atom is -0.366 e. The van der Waals surface area contributed by atoms with Crippen LogP contribution in [0.3, 0.4) is 0 Å². The zero-order valence-electron chi connectivity index (χ0n) is 11.9. The highest BCUT2D eigenvalue weighted by Crippen LogP contribution is 2.24. The highest BCUT2D eigenvalue weighted by Gasteiger charge is 2.19. The third-order valence-corrected chi connectivity index (χ3v) is 3.30. The maximum Gasteiger partial charge on any atom is 0.152 e. The zero-order valence-corrected chi connectivity index (χ0v) is 12.7. The first kappa shape index (κ1) is 14.1. The third kappa shape index (κ3) is 3.18. The van der Waals surface area contributed by atoms with Gasteiger partial charge in [0.05, 0.1) is 5.69 Å². The molecule has 2 heterocycles. The summed E-state index contributed by atoms with van der Waals surface area (Å²) in [6.45, 7) is 8.58. The molecule has 0 spiro atoms. The Labute approximate surface area is 119 Å².